The largest absolute Gasteiger partial charge is 0.315 e. The van der Waals surface area contributed by atoms with Gasteiger partial charge in [-0.05, 0) is 24.8 Å². The lowest BCUT2D eigenvalue weighted by molar-refractivity contribution is 0.206. The minimum absolute atomic E-state index is 0.419. The molecule has 19 heavy (non-hydrogen) atoms. The molecule has 0 saturated carbocycles. The Morgan fingerprint density at radius 1 is 1.16 bits per heavy atom. The lowest BCUT2D eigenvalue weighted by Crippen LogP contribution is -2.57. The summed E-state index contributed by atoms with van der Waals surface area (Å²) in [5.41, 5.74) is 3.33. The standard InChI is InChI=1S/C18H29N/c1-4-6-7-16(5-2)12-18(13-19-14-18)17-10-8-15(3)9-11-17/h8-11,16,19H,4-7,12-14H2,1-3H3. The van der Waals surface area contributed by atoms with Crippen molar-refractivity contribution in [3.05, 3.63) is 35.4 Å². The maximum atomic E-state index is 3.50. The molecule has 1 heteroatoms. The Bertz CT molecular complexity index is 375. The highest BCUT2D eigenvalue weighted by atomic mass is 15.0. The van der Waals surface area contributed by atoms with Gasteiger partial charge in [0.05, 0.1) is 0 Å². The first-order valence-corrected chi connectivity index (χ1v) is 7.98. The number of benzene rings is 1. The molecule has 0 amide bonds. The minimum atomic E-state index is 0.419. The second-order valence-corrected chi connectivity index (χ2v) is 6.37. The zero-order chi connectivity index (χ0) is 13.7. The molecule has 1 nitrogen and oxygen atoms in total. The maximum Gasteiger partial charge on any atom is 0.0205 e. The number of hydrogen-bond acceptors (Lipinski definition) is 1. The van der Waals surface area contributed by atoms with Gasteiger partial charge in [0.15, 0.2) is 0 Å². The summed E-state index contributed by atoms with van der Waals surface area (Å²) in [6.45, 7) is 9.16. The monoisotopic (exact) mass is 259 g/mol. The van der Waals surface area contributed by atoms with Gasteiger partial charge in [-0.15, -0.1) is 0 Å². The van der Waals surface area contributed by atoms with Gasteiger partial charge in [0.2, 0.25) is 0 Å². The van der Waals surface area contributed by atoms with Crippen molar-refractivity contribution < 1.29 is 0 Å². The molecule has 1 N–H and O–H groups in total. The van der Waals surface area contributed by atoms with Crippen molar-refractivity contribution >= 4 is 0 Å². The summed E-state index contributed by atoms with van der Waals surface area (Å²) in [4.78, 5) is 0. The average Bonchev–Trinajstić information content (AvgIpc) is 2.39. The highest BCUT2D eigenvalue weighted by molar-refractivity contribution is 5.32. The van der Waals surface area contributed by atoms with Crippen LogP contribution < -0.4 is 5.32 Å². The molecule has 1 aliphatic rings. The van der Waals surface area contributed by atoms with Crippen LogP contribution in [0.2, 0.25) is 0 Å². The predicted molar refractivity (Wildman–Crippen MR) is 83.6 cm³/mol. The van der Waals surface area contributed by atoms with Crippen molar-refractivity contribution in [2.75, 3.05) is 13.1 Å². The van der Waals surface area contributed by atoms with Gasteiger partial charge in [0.25, 0.3) is 0 Å². The quantitative estimate of drug-likeness (QED) is 0.763. The molecule has 1 unspecified atom stereocenters. The molecule has 0 spiro atoms. The average molecular weight is 259 g/mol. The van der Waals surface area contributed by atoms with Crippen LogP contribution in [0.4, 0.5) is 0 Å². The summed E-state index contributed by atoms with van der Waals surface area (Å²) in [5, 5.41) is 3.50. The van der Waals surface area contributed by atoms with Gasteiger partial charge in [-0.3, -0.25) is 0 Å². The van der Waals surface area contributed by atoms with Crippen LogP contribution >= 0.6 is 0 Å². The van der Waals surface area contributed by atoms with E-state index in [0.717, 1.165) is 5.92 Å². The molecule has 1 saturated heterocycles. The first kappa shape index (κ1) is 14.6. The molecule has 0 aliphatic carbocycles. The molecule has 0 radical (unpaired) electrons. The van der Waals surface area contributed by atoms with Crippen LogP contribution in [0.25, 0.3) is 0 Å². The highest BCUT2D eigenvalue weighted by Crippen LogP contribution is 2.37. The first-order chi connectivity index (χ1) is 9.20. The smallest absolute Gasteiger partial charge is 0.0205 e. The molecule has 1 atom stereocenters. The van der Waals surface area contributed by atoms with E-state index in [9.17, 15) is 0 Å². The molecule has 0 bridgehead atoms. The van der Waals surface area contributed by atoms with Gasteiger partial charge in [-0.2, -0.15) is 0 Å². The van der Waals surface area contributed by atoms with Crippen molar-refractivity contribution in [3.8, 4) is 0 Å². The second-order valence-electron chi connectivity index (χ2n) is 6.37. The van der Waals surface area contributed by atoms with E-state index in [1.165, 1.54) is 50.8 Å². The van der Waals surface area contributed by atoms with E-state index < -0.39 is 0 Å². The van der Waals surface area contributed by atoms with Crippen molar-refractivity contribution in [3.63, 3.8) is 0 Å². The molecular formula is C18H29N. The van der Waals surface area contributed by atoms with Gasteiger partial charge < -0.3 is 5.32 Å². The van der Waals surface area contributed by atoms with E-state index >= 15 is 0 Å². The second kappa shape index (κ2) is 6.56. The summed E-state index contributed by atoms with van der Waals surface area (Å²) < 4.78 is 0. The molecule has 1 heterocycles. The Labute approximate surface area is 118 Å². The molecule has 0 aromatic heterocycles. The maximum absolute atomic E-state index is 3.50. The van der Waals surface area contributed by atoms with Crippen LogP contribution in [0.5, 0.6) is 0 Å². The number of aryl methyl sites for hydroxylation is 1. The number of nitrogens with one attached hydrogen (secondary N) is 1. The van der Waals surface area contributed by atoms with Gasteiger partial charge in [0.1, 0.15) is 0 Å². The van der Waals surface area contributed by atoms with Crippen molar-refractivity contribution in [1.82, 2.24) is 5.32 Å². The number of rotatable bonds is 7. The Morgan fingerprint density at radius 2 is 1.84 bits per heavy atom. The summed E-state index contributed by atoms with van der Waals surface area (Å²) in [6, 6.07) is 9.23. The Balaban J connectivity index is 2.07. The fraction of sp³-hybridized carbons (Fsp3) is 0.667. The molecule has 1 aromatic carbocycles. The summed E-state index contributed by atoms with van der Waals surface area (Å²) in [6.07, 6.45) is 6.80. The topological polar surface area (TPSA) is 12.0 Å². The van der Waals surface area contributed by atoms with Crippen LogP contribution in [0, 0.1) is 12.8 Å². The zero-order valence-electron chi connectivity index (χ0n) is 12.8. The third kappa shape index (κ3) is 3.39. The lowest BCUT2D eigenvalue weighted by Gasteiger charge is -2.45. The molecular weight excluding hydrogens is 230 g/mol. The van der Waals surface area contributed by atoms with E-state index in [-0.39, 0.29) is 0 Å². The van der Waals surface area contributed by atoms with E-state index in [4.69, 9.17) is 0 Å². The van der Waals surface area contributed by atoms with Crippen LogP contribution in [0.3, 0.4) is 0 Å². The normalized spacial score (nSPS) is 18.9. The van der Waals surface area contributed by atoms with E-state index in [1.54, 1.807) is 5.56 Å². The van der Waals surface area contributed by atoms with Crippen LogP contribution in [-0.4, -0.2) is 13.1 Å². The number of hydrogen-bond donors (Lipinski definition) is 1. The van der Waals surface area contributed by atoms with Crippen LogP contribution in [0.1, 0.15) is 57.1 Å². The van der Waals surface area contributed by atoms with E-state index in [2.05, 4.69) is 50.4 Å². The Hall–Kier alpha value is -0.820. The van der Waals surface area contributed by atoms with Gasteiger partial charge in [-0.25, -0.2) is 0 Å². The molecule has 1 fully saturated rings. The van der Waals surface area contributed by atoms with E-state index in [0.29, 0.717) is 5.41 Å². The fourth-order valence-electron chi connectivity index (χ4n) is 3.30. The molecule has 106 valence electrons. The highest BCUT2D eigenvalue weighted by Gasteiger charge is 2.39. The summed E-state index contributed by atoms with van der Waals surface area (Å²) in [7, 11) is 0. The summed E-state index contributed by atoms with van der Waals surface area (Å²) >= 11 is 0. The molecule has 2 rings (SSSR count). The predicted octanol–water partition coefficient (Wildman–Crippen LogP) is 4.44. The Morgan fingerprint density at radius 3 is 2.32 bits per heavy atom. The lowest BCUT2D eigenvalue weighted by atomic mass is 9.68. The van der Waals surface area contributed by atoms with E-state index in [1.807, 2.05) is 0 Å². The van der Waals surface area contributed by atoms with Crippen LogP contribution in [0.15, 0.2) is 24.3 Å². The first-order valence-electron chi connectivity index (χ1n) is 7.98. The minimum Gasteiger partial charge on any atom is -0.315 e. The van der Waals surface area contributed by atoms with Gasteiger partial charge in [-0.1, -0.05) is 69.4 Å². The van der Waals surface area contributed by atoms with Crippen LogP contribution in [-0.2, 0) is 5.41 Å². The van der Waals surface area contributed by atoms with Crippen molar-refractivity contribution in [2.24, 2.45) is 5.92 Å². The molecule has 1 aliphatic heterocycles. The number of unbranched alkanes of at least 4 members (excludes halogenated alkanes) is 1. The SMILES string of the molecule is CCCCC(CC)CC1(c2ccc(C)cc2)CNC1. The molecule has 1 aromatic rings. The van der Waals surface area contributed by atoms with Crippen molar-refractivity contribution in [1.29, 1.82) is 0 Å². The van der Waals surface area contributed by atoms with Gasteiger partial charge >= 0.3 is 0 Å². The fourth-order valence-corrected chi connectivity index (χ4v) is 3.30. The third-order valence-electron chi connectivity index (χ3n) is 4.81. The van der Waals surface area contributed by atoms with Gasteiger partial charge in [0, 0.05) is 18.5 Å². The zero-order valence-corrected chi connectivity index (χ0v) is 12.8. The summed E-state index contributed by atoms with van der Waals surface area (Å²) in [5.74, 6) is 0.892. The Kier molecular flexibility index (Phi) is 5.04. The van der Waals surface area contributed by atoms with Crippen molar-refractivity contribution in [2.45, 2.75) is 58.3 Å². The third-order valence-corrected chi connectivity index (χ3v) is 4.81.